The zero-order chi connectivity index (χ0) is 20.1. The van der Waals surface area contributed by atoms with E-state index in [0.29, 0.717) is 30.4 Å². The SMILES string of the molecule is COCc1ccc(C(=O)N2CCCC2c2cncc(Nc3cnccn3)n2)cc1. The zero-order valence-electron chi connectivity index (χ0n) is 16.2. The summed E-state index contributed by atoms with van der Waals surface area (Å²) >= 11 is 0. The van der Waals surface area contributed by atoms with Crippen molar-refractivity contribution in [3.63, 3.8) is 0 Å². The second-order valence-corrected chi connectivity index (χ2v) is 6.83. The first-order valence-corrected chi connectivity index (χ1v) is 9.48. The molecule has 0 radical (unpaired) electrons. The lowest BCUT2D eigenvalue weighted by molar-refractivity contribution is 0.0732. The van der Waals surface area contributed by atoms with Crippen molar-refractivity contribution in [3.05, 3.63) is 72.1 Å². The summed E-state index contributed by atoms with van der Waals surface area (Å²) in [7, 11) is 1.66. The lowest BCUT2D eigenvalue weighted by Crippen LogP contribution is -2.31. The largest absolute Gasteiger partial charge is 0.380 e. The van der Waals surface area contributed by atoms with Gasteiger partial charge in [-0.2, -0.15) is 0 Å². The number of hydrogen-bond acceptors (Lipinski definition) is 7. The molecular formula is C21H22N6O2. The monoisotopic (exact) mass is 390 g/mol. The summed E-state index contributed by atoms with van der Waals surface area (Å²) in [6.07, 6.45) is 9.98. The predicted molar refractivity (Wildman–Crippen MR) is 108 cm³/mol. The van der Waals surface area contributed by atoms with Gasteiger partial charge < -0.3 is 15.0 Å². The number of benzene rings is 1. The lowest BCUT2D eigenvalue weighted by Gasteiger charge is -2.24. The fraction of sp³-hybridized carbons (Fsp3) is 0.286. The second-order valence-electron chi connectivity index (χ2n) is 6.83. The van der Waals surface area contributed by atoms with Crippen molar-refractivity contribution in [1.29, 1.82) is 0 Å². The van der Waals surface area contributed by atoms with Crippen molar-refractivity contribution in [1.82, 2.24) is 24.8 Å². The van der Waals surface area contributed by atoms with Crippen LogP contribution in [-0.2, 0) is 11.3 Å². The van der Waals surface area contributed by atoms with Crippen LogP contribution in [0.1, 0.15) is 40.5 Å². The normalized spacial score (nSPS) is 16.0. The molecule has 0 bridgehead atoms. The van der Waals surface area contributed by atoms with Crippen molar-refractivity contribution in [2.45, 2.75) is 25.5 Å². The van der Waals surface area contributed by atoms with E-state index in [0.717, 1.165) is 24.1 Å². The van der Waals surface area contributed by atoms with Crippen molar-refractivity contribution in [3.8, 4) is 0 Å². The Bertz CT molecular complexity index is 964. The molecule has 1 aromatic carbocycles. The van der Waals surface area contributed by atoms with Crippen LogP contribution in [0.25, 0.3) is 0 Å². The predicted octanol–water partition coefficient (Wildman–Crippen LogP) is 3.13. The number of ether oxygens (including phenoxy) is 1. The maximum Gasteiger partial charge on any atom is 0.254 e. The number of carbonyl (C=O) groups is 1. The van der Waals surface area contributed by atoms with Gasteiger partial charge >= 0.3 is 0 Å². The minimum absolute atomic E-state index is 0.00514. The van der Waals surface area contributed by atoms with E-state index < -0.39 is 0 Å². The molecule has 148 valence electrons. The average Bonchev–Trinajstić information content (AvgIpc) is 3.25. The van der Waals surface area contributed by atoms with Gasteiger partial charge in [0.05, 0.1) is 36.9 Å². The Labute approximate surface area is 169 Å². The van der Waals surface area contributed by atoms with Gasteiger partial charge in [-0.15, -0.1) is 0 Å². The van der Waals surface area contributed by atoms with Gasteiger partial charge in [-0.1, -0.05) is 12.1 Å². The Morgan fingerprint density at radius 2 is 1.97 bits per heavy atom. The molecule has 1 atom stereocenters. The van der Waals surface area contributed by atoms with Gasteiger partial charge in [-0.3, -0.25) is 14.8 Å². The topological polar surface area (TPSA) is 93.1 Å². The van der Waals surface area contributed by atoms with Gasteiger partial charge in [0.1, 0.15) is 11.6 Å². The number of hydrogen-bond donors (Lipinski definition) is 1. The van der Waals surface area contributed by atoms with Gasteiger partial charge in [-0.25, -0.2) is 9.97 Å². The fourth-order valence-electron chi connectivity index (χ4n) is 3.49. The Morgan fingerprint density at radius 1 is 1.14 bits per heavy atom. The van der Waals surface area contributed by atoms with Crippen LogP contribution in [-0.4, -0.2) is 44.4 Å². The molecule has 3 aromatic rings. The summed E-state index contributed by atoms with van der Waals surface area (Å²) in [6.45, 7) is 1.23. The second kappa shape index (κ2) is 8.74. The lowest BCUT2D eigenvalue weighted by atomic mass is 10.1. The van der Waals surface area contributed by atoms with E-state index in [9.17, 15) is 4.79 Å². The highest BCUT2D eigenvalue weighted by Gasteiger charge is 2.32. The minimum Gasteiger partial charge on any atom is -0.380 e. The summed E-state index contributed by atoms with van der Waals surface area (Å²) in [4.78, 5) is 32.1. The maximum atomic E-state index is 13.1. The van der Waals surface area contributed by atoms with Crippen molar-refractivity contribution in [2.24, 2.45) is 0 Å². The number of nitrogens with zero attached hydrogens (tertiary/aromatic N) is 5. The molecule has 1 saturated heterocycles. The number of methoxy groups -OCH3 is 1. The number of nitrogens with one attached hydrogen (secondary N) is 1. The Morgan fingerprint density at radius 3 is 2.72 bits per heavy atom. The van der Waals surface area contributed by atoms with E-state index in [2.05, 4.69) is 25.3 Å². The average molecular weight is 390 g/mol. The highest BCUT2D eigenvalue weighted by molar-refractivity contribution is 5.94. The molecule has 1 fully saturated rings. The molecule has 0 aliphatic carbocycles. The van der Waals surface area contributed by atoms with Crippen LogP contribution in [0, 0.1) is 0 Å². The molecule has 1 aliphatic heterocycles. The third-order valence-corrected chi connectivity index (χ3v) is 4.84. The molecule has 0 spiro atoms. The van der Waals surface area contributed by atoms with Crippen LogP contribution < -0.4 is 5.32 Å². The molecule has 4 rings (SSSR count). The van der Waals surface area contributed by atoms with Crippen LogP contribution in [0.15, 0.2) is 55.2 Å². The molecule has 0 saturated carbocycles. The van der Waals surface area contributed by atoms with E-state index in [1.165, 1.54) is 0 Å². The summed E-state index contributed by atoms with van der Waals surface area (Å²) in [5.74, 6) is 1.17. The van der Waals surface area contributed by atoms with Gasteiger partial charge in [0, 0.05) is 31.6 Å². The number of amides is 1. The molecule has 2 aromatic heterocycles. The number of aromatic nitrogens is 4. The van der Waals surface area contributed by atoms with E-state index in [1.54, 1.807) is 38.1 Å². The molecule has 1 unspecified atom stereocenters. The number of rotatable bonds is 6. The fourth-order valence-corrected chi connectivity index (χ4v) is 3.49. The summed E-state index contributed by atoms with van der Waals surface area (Å²) in [6, 6.07) is 7.45. The van der Waals surface area contributed by atoms with Crippen LogP contribution in [0.3, 0.4) is 0 Å². The van der Waals surface area contributed by atoms with E-state index in [-0.39, 0.29) is 11.9 Å². The third-order valence-electron chi connectivity index (χ3n) is 4.84. The molecule has 8 heteroatoms. The number of likely N-dealkylation sites (tertiary alicyclic amines) is 1. The van der Waals surface area contributed by atoms with E-state index in [1.807, 2.05) is 29.2 Å². The Kier molecular flexibility index (Phi) is 5.71. The van der Waals surface area contributed by atoms with Crippen LogP contribution in [0.5, 0.6) is 0 Å². The van der Waals surface area contributed by atoms with Gasteiger partial charge in [0.25, 0.3) is 5.91 Å². The number of anilines is 2. The summed E-state index contributed by atoms with van der Waals surface area (Å²) in [5.41, 5.74) is 2.47. The molecule has 3 heterocycles. The third kappa shape index (κ3) is 4.38. The molecule has 1 amide bonds. The van der Waals surface area contributed by atoms with Gasteiger partial charge in [-0.05, 0) is 30.5 Å². The first-order chi connectivity index (χ1) is 14.2. The first-order valence-electron chi connectivity index (χ1n) is 9.48. The van der Waals surface area contributed by atoms with Gasteiger partial charge in [0.15, 0.2) is 0 Å². The highest BCUT2D eigenvalue weighted by atomic mass is 16.5. The van der Waals surface area contributed by atoms with Crippen LogP contribution in [0.2, 0.25) is 0 Å². The molecule has 1 N–H and O–H groups in total. The van der Waals surface area contributed by atoms with Crippen molar-refractivity contribution < 1.29 is 9.53 Å². The summed E-state index contributed by atoms with van der Waals surface area (Å²) in [5, 5.41) is 3.10. The molecule has 8 nitrogen and oxygen atoms in total. The molecular weight excluding hydrogens is 368 g/mol. The zero-order valence-corrected chi connectivity index (χ0v) is 16.2. The van der Waals surface area contributed by atoms with E-state index >= 15 is 0 Å². The minimum atomic E-state index is -0.0998. The quantitative estimate of drug-likeness (QED) is 0.691. The van der Waals surface area contributed by atoms with Crippen LogP contribution in [0.4, 0.5) is 11.6 Å². The van der Waals surface area contributed by atoms with Crippen molar-refractivity contribution in [2.75, 3.05) is 19.0 Å². The Balaban J connectivity index is 1.52. The smallest absolute Gasteiger partial charge is 0.254 e. The maximum absolute atomic E-state index is 13.1. The Hall–Kier alpha value is -3.39. The van der Waals surface area contributed by atoms with Crippen LogP contribution >= 0.6 is 0 Å². The standard InChI is InChI=1S/C21H22N6O2/c1-29-14-15-4-6-16(7-5-15)21(28)27-10-2-3-18(27)17-11-23-13-20(25-17)26-19-12-22-8-9-24-19/h4-9,11-13,18H,2-3,10,14H2,1H3,(H,24,25,26). The molecule has 29 heavy (non-hydrogen) atoms. The highest BCUT2D eigenvalue weighted by Crippen LogP contribution is 2.32. The van der Waals surface area contributed by atoms with Gasteiger partial charge in [0.2, 0.25) is 0 Å². The first kappa shape index (κ1) is 18.9. The van der Waals surface area contributed by atoms with E-state index in [4.69, 9.17) is 4.74 Å². The number of carbonyl (C=O) groups excluding carboxylic acids is 1. The van der Waals surface area contributed by atoms with Crippen molar-refractivity contribution >= 4 is 17.5 Å². The summed E-state index contributed by atoms with van der Waals surface area (Å²) < 4.78 is 5.13. The molecule has 1 aliphatic rings.